The molecule has 6 nitrogen and oxygen atoms in total. The summed E-state index contributed by atoms with van der Waals surface area (Å²) in [6.45, 7) is 0. The molecular weight excluding hydrogens is 328 g/mol. The lowest BCUT2D eigenvalue weighted by Crippen LogP contribution is -2.12. The predicted molar refractivity (Wildman–Crippen MR) is 80.5 cm³/mol. The molecule has 0 aliphatic carbocycles. The van der Waals surface area contributed by atoms with Crippen LogP contribution in [0.1, 0.15) is 5.56 Å². The summed E-state index contributed by atoms with van der Waals surface area (Å²) in [5.41, 5.74) is -0.430. The zero-order valence-electron chi connectivity index (χ0n) is 12.6. The van der Waals surface area contributed by atoms with Gasteiger partial charge in [-0.1, -0.05) is 0 Å². The highest BCUT2D eigenvalue weighted by Crippen LogP contribution is 2.34. The van der Waals surface area contributed by atoms with Crippen molar-refractivity contribution >= 4 is 28.4 Å². The van der Waals surface area contributed by atoms with Crippen molar-refractivity contribution in [2.24, 2.45) is 7.05 Å². The molecule has 126 valence electrons. The van der Waals surface area contributed by atoms with Gasteiger partial charge in [0.15, 0.2) is 0 Å². The molecule has 0 aliphatic heterocycles. The molecule has 3 aromatic rings. The standard InChI is InChI=1S/C14H12F4N6/c1-19-12-8(14(16,17)18)5-20-13(22-12)21-11-7-6-24(2)23-10(7)4-3-9(11)15/h3-6H,1-2H3,(H2,19,20,21,22). The lowest BCUT2D eigenvalue weighted by Gasteiger charge is -2.13. The average molecular weight is 340 g/mol. The number of alkyl halides is 3. The highest BCUT2D eigenvalue weighted by Gasteiger charge is 2.35. The van der Waals surface area contributed by atoms with Crippen molar-refractivity contribution in [2.45, 2.75) is 6.18 Å². The van der Waals surface area contributed by atoms with E-state index < -0.39 is 23.4 Å². The number of nitrogens with zero attached hydrogens (tertiary/aromatic N) is 4. The molecule has 0 atom stereocenters. The van der Waals surface area contributed by atoms with Crippen molar-refractivity contribution in [1.82, 2.24) is 19.7 Å². The molecule has 0 bridgehead atoms. The Bertz CT molecular complexity index is 902. The van der Waals surface area contributed by atoms with Crippen molar-refractivity contribution in [3.8, 4) is 0 Å². The number of nitrogens with one attached hydrogen (secondary N) is 2. The molecule has 0 fully saturated rings. The highest BCUT2D eigenvalue weighted by atomic mass is 19.4. The van der Waals surface area contributed by atoms with Crippen molar-refractivity contribution in [3.63, 3.8) is 0 Å². The van der Waals surface area contributed by atoms with Crippen LogP contribution in [0.15, 0.2) is 24.5 Å². The first kappa shape index (κ1) is 16.0. The first-order valence-electron chi connectivity index (χ1n) is 6.80. The molecule has 0 spiro atoms. The van der Waals surface area contributed by atoms with Crippen molar-refractivity contribution in [2.75, 3.05) is 17.7 Å². The van der Waals surface area contributed by atoms with Crippen LogP contribution in [0.2, 0.25) is 0 Å². The predicted octanol–water partition coefficient (Wildman–Crippen LogP) is 3.31. The summed E-state index contributed by atoms with van der Waals surface area (Å²) >= 11 is 0. The maximum Gasteiger partial charge on any atom is 0.421 e. The molecule has 2 N–H and O–H groups in total. The fourth-order valence-corrected chi connectivity index (χ4v) is 2.26. The first-order valence-corrected chi connectivity index (χ1v) is 6.80. The first-order chi connectivity index (χ1) is 11.3. The monoisotopic (exact) mass is 340 g/mol. The van der Waals surface area contributed by atoms with Gasteiger partial charge in [-0.15, -0.1) is 0 Å². The Morgan fingerprint density at radius 1 is 1.21 bits per heavy atom. The molecule has 0 unspecified atom stereocenters. The van der Waals surface area contributed by atoms with Crippen LogP contribution in [0.3, 0.4) is 0 Å². The molecule has 1 aromatic carbocycles. The normalized spacial score (nSPS) is 11.8. The van der Waals surface area contributed by atoms with Gasteiger partial charge in [0.1, 0.15) is 17.2 Å². The van der Waals surface area contributed by atoms with E-state index >= 15 is 0 Å². The molecule has 0 saturated carbocycles. The summed E-state index contributed by atoms with van der Waals surface area (Å²) in [6.07, 6.45) is -2.36. The van der Waals surface area contributed by atoms with Crippen LogP contribution >= 0.6 is 0 Å². The van der Waals surface area contributed by atoms with Gasteiger partial charge in [0.05, 0.1) is 11.2 Å². The fraction of sp³-hybridized carbons (Fsp3) is 0.214. The van der Waals surface area contributed by atoms with Crippen LogP contribution < -0.4 is 10.6 Å². The molecule has 24 heavy (non-hydrogen) atoms. The number of anilines is 3. The third kappa shape index (κ3) is 2.82. The molecule has 0 radical (unpaired) electrons. The van der Waals surface area contributed by atoms with E-state index in [1.165, 1.54) is 23.9 Å². The summed E-state index contributed by atoms with van der Waals surface area (Å²) in [6, 6.07) is 2.71. The maximum absolute atomic E-state index is 14.1. The van der Waals surface area contributed by atoms with E-state index in [0.29, 0.717) is 17.1 Å². The number of aryl methyl sites for hydroxylation is 1. The van der Waals surface area contributed by atoms with Gasteiger partial charge in [-0.2, -0.15) is 23.3 Å². The highest BCUT2D eigenvalue weighted by molar-refractivity contribution is 5.92. The molecule has 0 amide bonds. The van der Waals surface area contributed by atoms with Gasteiger partial charge in [0.2, 0.25) is 5.95 Å². The van der Waals surface area contributed by atoms with Crippen molar-refractivity contribution in [3.05, 3.63) is 35.9 Å². The van der Waals surface area contributed by atoms with Gasteiger partial charge >= 0.3 is 6.18 Å². The number of halogens is 4. The lowest BCUT2D eigenvalue weighted by atomic mass is 10.2. The second-order valence-electron chi connectivity index (χ2n) is 4.99. The van der Waals surface area contributed by atoms with E-state index in [9.17, 15) is 17.6 Å². The molecule has 2 aromatic heterocycles. The number of aromatic nitrogens is 4. The molecule has 10 heteroatoms. The van der Waals surface area contributed by atoms with E-state index in [-0.39, 0.29) is 11.6 Å². The summed E-state index contributed by atoms with van der Waals surface area (Å²) in [4.78, 5) is 7.39. The van der Waals surface area contributed by atoms with Crippen LogP contribution in [-0.4, -0.2) is 26.8 Å². The Morgan fingerprint density at radius 3 is 2.62 bits per heavy atom. The zero-order valence-corrected chi connectivity index (χ0v) is 12.6. The average Bonchev–Trinajstić information content (AvgIpc) is 2.89. The van der Waals surface area contributed by atoms with Crippen LogP contribution in [0.25, 0.3) is 10.9 Å². The topological polar surface area (TPSA) is 67.7 Å². The Hall–Kier alpha value is -2.91. The van der Waals surface area contributed by atoms with E-state index in [1.807, 2.05) is 0 Å². The van der Waals surface area contributed by atoms with Crippen LogP contribution in [-0.2, 0) is 13.2 Å². The Kier molecular flexibility index (Phi) is 3.74. The SMILES string of the molecule is CNc1nc(Nc2c(F)ccc3nn(C)cc23)ncc1C(F)(F)F. The van der Waals surface area contributed by atoms with Crippen LogP contribution in [0.5, 0.6) is 0 Å². The third-order valence-corrected chi connectivity index (χ3v) is 3.32. The summed E-state index contributed by atoms with van der Waals surface area (Å²) in [5.74, 6) is -1.16. The minimum absolute atomic E-state index is 0.0439. The number of hydrogen-bond donors (Lipinski definition) is 2. The molecule has 0 saturated heterocycles. The van der Waals surface area contributed by atoms with Gasteiger partial charge < -0.3 is 10.6 Å². The van der Waals surface area contributed by atoms with Gasteiger partial charge in [0.25, 0.3) is 0 Å². The Labute approximate surface area is 133 Å². The lowest BCUT2D eigenvalue weighted by molar-refractivity contribution is -0.137. The molecule has 2 heterocycles. The smallest absolute Gasteiger partial charge is 0.372 e. The molecular formula is C14H12F4N6. The van der Waals surface area contributed by atoms with E-state index in [1.54, 1.807) is 13.2 Å². The molecule has 3 rings (SSSR count). The second-order valence-corrected chi connectivity index (χ2v) is 4.99. The fourth-order valence-electron chi connectivity index (χ4n) is 2.26. The van der Waals surface area contributed by atoms with Crippen molar-refractivity contribution in [1.29, 1.82) is 0 Å². The number of hydrogen-bond acceptors (Lipinski definition) is 5. The minimum atomic E-state index is -4.59. The Balaban J connectivity index is 2.05. The van der Waals surface area contributed by atoms with E-state index in [0.717, 1.165) is 0 Å². The van der Waals surface area contributed by atoms with E-state index in [4.69, 9.17) is 0 Å². The number of fused-ring (bicyclic) bond motifs is 1. The Morgan fingerprint density at radius 2 is 1.96 bits per heavy atom. The van der Waals surface area contributed by atoms with Crippen LogP contribution in [0, 0.1) is 5.82 Å². The summed E-state index contributed by atoms with van der Waals surface area (Å²) < 4.78 is 54.2. The number of benzene rings is 1. The van der Waals surface area contributed by atoms with Gasteiger partial charge in [-0.3, -0.25) is 4.68 Å². The van der Waals surface area contributed by atoms with Gasteiger partial charge in [-0.05, 0) is 12.1 Å². The second kappa shape index (κ2) is 5.62. The largest absolute Gasteiger partial charge is 0.421 e. The third-order valence-electron chi connectivity index (χ3n) is 3.32. The molecule has 0 aliphatic rings. The minimum Gasteiger partial charge on any atom is -0.372 e. The van der Waals surface area contributed by atoms with Gasteiger partial charge in [0, 0.05) is 31.9 Å². The van der Waals surface area contributed by atoms with E-state index in [2.05, 4.69) is 25.7 Å². The summed E-state index contributed by atoms with van der Waals surface area (Å²) in [5, 5.41) is 9.60. The van der Waals surface area contributed by atoms with Crippen molar-refractivity contribution < 1.29 is 17.6 Å². The number of rotatable bonds is 3. The zero-order chi connectivity index (χ0) is 17.5. The van der Waals surface area contributed by atoms with Gasteiger partial charge in [-0.25, -0.2) is 9.37 Å². The summed E-state index contributed by atoms with van der Waals surface area (Å²) in [7, 11) is 2.99. The van der Waals surface area contributed by atoms with Crippen LogP contribution in [0.4, 0.5) is 35.0 Å². The quantitative estimate of drug-likeness (QED) is 0.716. The maximum atomic E-state index is 14.1.